The van der Waals surface area contributed by atoms with E-state index in [1.165, 1.54) is 31.2 Å². The summed E-state index contributed by atoms with van der Waals surface area (Å²) in [7, 11) is 0. The zero-order valence-electron chi connectivity index (χ0n) is 18.9. The number of hydrogen-bond acceptors (Lipinski definition) is 3. The molecule has 32 heavy (non-hydrogen) atoms. The second-order valence-corrected chi connectivity index (χ2v) is 7.85. The van der Waals surface area contributed by atoms with Crippen LogP contribution in [0.3, 0.4) is 0 Å². The van der Waals surface area contributed by atoms with Crippen molar-refractivity contribution < 1.29 is 14.3 Å². The summed E-state index contributed by atoms with van der Waals surface area (Å²) in [4.78, 5) is 12.6. The Morgan fingerprint density at radius 3 is 2.28 bits per heavy atom. The summed E-state index contributed by atoms with van der Waals surface area (Å²) in [6.45, 7) is 3.51. The van der Waals surface area contributed by atoms with Crippen molar-refractivity contribution in [3.05, 3.63) is 90.0 Å². The minimum Gasteiger partial charge on any atom is -0.494 e. The molecule has 0 bridgehead atoms. The lowest BCUT2D eigenvalue weighted by Gasteiger charge is -2.10. The summed E-state index contributed by atoms with van der Waals surface area (Å²) in [5, 5.41) is 2.93. The largest absolute Gasteiger partial charge is 0.494 e. The van der Waals surface area contributed by atoms with Crippen molar-refractivity contribution in [1.82, 2.24) is 0 Å². The van der Waals surface area contributed by atoms with Crippen molar-refractivity contribution in [2.24, 2.45) is 0 Å². The fourth-order valence-electron chi connectivity index (χ4n) is 3.39. The Balaban J connectivity index is 1.44. The summed E-state index contributed by atoms with van der Waals surface area (Å²) in [6, 6.07) is 25.0. The predicted octanol–water partition coefficient (Wildman–Crippen LogP) is 6.91. The molecule has 3 aromatic carbocycles. The van der Waals surface area contributed by atoms with Gasteiger partial charge in [0.1, 0.15) is 11.5 Å². The molecular weight excluding hydrogens is 398 g/mol. The van der Waals surface area contributed by atoms with Crippen LogP contribution in [0.4, 0.5) is 5.69 Å². The molecule has 0 aromatic heterocycles. The second-order valence-electron chi connectivity index (χ2n) is 7.85. The fraction of sp³-hybridized carbons (Fsp3) is 0.321. The van der Waals surface area contributed by atoms with Gasteiger partial charge >= 0.3 is 0 Å². The minimum atomic E-state index is -0.164. The number of rotatable bonds is 13. The molecule has 0 saturated carbocycles. The van der Waals surface area contributed by atoms with Gasteiger partial charge < -0.3 is 14.8 Å². The molecule has 0 spiro atoms. The lowest BCUT2D eigenvalue weighted by Crippen LogP contribution is -2.12. The van der Waals surface area contributed by atoms with E-state index in [9.17, 15) is 4.79 Å². The highest BCUT2D eigenvalue weighted by Gasteiger charge is 2.08. The average Bonchev–Trinajstić information content (AvgIpc) is 2.83. The predicted molar refractivity (Wildman–Crippen MR) is 131 cm³/mol. The first-order chi connectivity index (χ1) is 15.7. The number of benzene rings is 3. The third-order valence-corrected chi connectivity index (χ3v) is 5.23. The minimum absolute atomic E-state index is 0.164. The van der Waals surface area contributed by atoms with Crippen LogP contribution < -0.4 is 14.8 Å². The van der Waals surface area contributed by atoms with Gasteiger partial charge in [-0.15, -0.1) is 0 Å². The maximum Gasteiger partial charge on any atom is 0.255 e. The highest BCUT2D eigenvalue weighted by molar-refractivity contribution is 6.04. The van der Waals surface area contributed by atoms with Gasteiger partial charge in [0.2, 0.25) is 0 Å². The van der Waals surface area contributed by atoms with Crippen LogP contribution in [0.5, 0.6) is 11.5 Å². The molecule has 0 unspecified atom stereocenters. The Bertz CT molecular complexity index is 938. The van der Waals surface area contributed by atoms with E-state index in [2.05, 4.69) is 24.4 Å². The topological polar surface area (TPSA) is 47.6 Å². The number of anilines is 1. The van der Waals surface area contributed by atoms with E-state index in [0.29, 0.717) is 17.9 Å². The van der Waals surface area contributed by atoms with E-state index in [1.54, 1.807) is 12.1 Å². The molecule has 0 atom stereocenters. The van der Waals surface area contributed by atoms with E-state index in [-0.39, 0.29) is 5.91 Å². The van der Waals surface area contributed by atoms with E-state index in [0.717, 1.165) is 30.9 Å². The van der Waals surface area contributed by atoms with Crippen LogP contribution in [0, 0.1) is 0 Å². The van der Waals surface area contributed by atoms with E-state index in [1.807, 2.05) is 54.6 Å². The van der Waals surface area contributed by atoms with Crippen LogP contribution in [0.1, 0.15) is 54.9 Å². The number of hydrogen-bond donors (Lipinski definition) is 1. The molecule has 0 radical (unpaired) electrons. The van der Waals surface area contributed by atoms with Crippen LogP contribution in [-0.4, -0.2) is 19.1 Å². The summed E-state index contributed by atoms with van der Waals surface area (Å²) >= 11 is 0. The van der Waals surface area contributed by atoms with Crippen molar-refractivity contribution >= 4 is 11.6 Å². The van der Waals surface area contributed by atoms with Gasteiger partial charge in [-0.05, 0) is 54.4 Å². The molecule has 0 aliphatic heterocycles. The first kappa shape index (κ1) is 23.4. The van der Waals surface area contributed by atoms with Crippen molar-refractivity contribution in [3.8, 4) is 11.5 Å². The first-order valence-electron chi connectivity index (χ1n) is 11.6. The zero-order chi connectivity index (χ0) is 22.4. The standard InChI is InChI=1S/C28H33NO3/c1-2-3-4-5-9-20-31-26-17-15-25(16-18-26)29-28(30)24-13-10-14-27(22-24)32-21-19-23-11-7-6-8-12-23/h6-8,10-18,22H,2-5,9,19-21H2,1H3,(H,29,30). The molecule has 0 aliphatic carbocycles. The molecule has 4 heteroatoms. The molecule has 1 amide bonds. The lowest BCUT2D eigenvalue weighted by atomic mass is 10.1. The normalized spacial score (nSPS) is 10.5. The first-order valence-corrected chi connectivity index (χ1v) is 11.6. The quantitative estimate of drug-likeness (QED) is 0.299. The van der Waals surface area contributed by atoms with Crippen molar-refractivity contribution in [3.63, 3.8) is 0 Å². The molecule has 0 fully saturated rings. The van der Waals surface area contributed by atoms with Gasteiger partial charge in [-0.1, -0.05) is 69.0 Å². The molecule has 3 aromatic rings. The molecule has 1 N–H and O–H groups in total. The zero-order valence-corrected chi connectivity index (χ0v) is 18.9. The SMILES string of the molecule is CCCCCCCOc1ccc(NC(=O)c2cccc(OCCc3ccccc3)c2)cc1. The van der Waals surface area contributed by atoms with Gasteiger partial charge in [0.25, 0.3) is 5.91 Å². The van der Waals surface area contributed by atoms with Gasteiger partial charge in [-0.3, -0.25) is 4.79 Å². The summed E-state index contributed by atoms with van der Waals surface area (Å²) in [5.74, 6) is 1.35. The molecule has 0 saturated heterocycles. The van der Waals surface area contributed by atoms with Crippen molar-refractivity contribution in [2.45, 2.75) is 45.4 Å². The molecular formula is C28H33NO3. The number of amides is 1. The van der Waals surface area contributed by atoms with Crippen molar-refractivity contribution in [2.75, 3.05) is 18.5 Å². The number of carbonyl (C=O) groups excluding carboxylic acids is 1. The fourth-order valence-corrected chi connectivity index (χ4v) is 3.39. The Morgan fingerprint density at radius 1 is 0.750 bits per heavy atom. The summed E-state index contributed by atoms with van der Waals surface area (Å²) in [6.07, 6.45) is 6.91. The molecule has 3 rings (SSSR count). The average molecular weight is 432 g/mol. The third kappa shape index (κ3) is 8.10. The van der Waals surface area contributed by atoms with E-state index < -0.39 is 0 Å². The van der Waals surface area contributed by atoms with E-state index >= 15 is 0 Å². The highest BCUT2D eigenvalue weighted by Crippen LogP contribution is 2.19. The molecule has 4 nitrogen and oxygen atoms in total. The maximum atomic E-state index is 12.6. The van der Waals surface area contributed by atoms with Crippen LogP contribution in [0.15, 0.2) is 78.9 Å². The molecule has 168 valence electrons. The van der Waals surface area contributed by atoms with Crippen LogP contribution in [-0.2, 0) is 6.42 Å². The maximum absolute atomic E-state index is 12.6. The number of carbonyl (C=O) groups is 1. The van der Waals surface area contributed by atoms with E-state index in [4.69, 9.17) is 9.47 Å². The lowest BCUT2D eigenvalue weighted by molar-refractivity contribution is 0.102. The summed E-state index contributed by atoms with van der Waals surface area (Å²) < 4.78 is 11.6. The third-order valence-electron chi connectivity index (χ3n) is 5.23. The Morgan fingerprint density at radius 2 is 1.50 bits per heavy atom. The summed E-state index contributed by atoms with van der Waals surface area (Å²) in [5.41, 5.74) is 2.53. The second kappa shape index (κ2) is 13.2. The van der Waals surface area contributed by atoms with Crippen LogP contribution in [0.2, 0.25) is 0 Å². The smallest absolute Gasteiger partial charge is 0.255 e. The number of ether oxygens (including phenoxy) is 2. The van der Waals surface area contributed by atoms with Gasteiger partial charge in [-0.2, -0.15) is 0 Å². The Labute approximate surface area is 191 Å². The Hall–Kier alpha value is -3.27. The van der Waals surface area contributed by atoms with Gasteiger partial charge in [0.05, 0.1) is 13.2 Å². The van der Waals surface area contributed by atoms with Crippen molar-refractivity contribution in [1.29, 1.82) is 0 Å². The molecule has 0 heterocycles. The highest BCUT2D eigenvalue weighted by atomic mass is 16.5. The van der Waals surface area contributed by atoms with Gasteiger partial charge in [0.15, 0.2) is 0 Å². The molecule has 0 aliphatic rings. The van der Waals surface area contributed by atoms with Gasteiger partial charge in [0, 0.05) is 17.7 Å². The van der Waals surface area contributed by atoms with Crippen LogP contribution >= 0.6 is 0 Å². The van der Waals surface area contributed by atoms with Crippen LogP contribution in [0.25, 0.3) is 0 Å². The number of unbranched alkanes of at least 4 members (excludes halogenated alkanes) is 4. The Kier molecular flexibility index (Phi) is 9.66. The monoisotopic (exact) mass is 431 g/mol. The number of nitrogens with one attached hydrogen (secondary N) is 1. The van der Waals surface area contributed by atoms with Gasteiger partial charge in [-0.25, -0.2) is 0 Å².